The zero-order chi connectivity index (χ0) is 16.0. The number of likely N-dealkylation sites (tertiary alicyclic amines) is 1. The first-order valence-electron chi connectivity index (χ1n) is 7.92. The molecule has 2 aliphatic rings. The quantitative estimate of drug-likeness (QED) is 0.724. The number of hydrogen-bond acceptors (Lipinski definition) is 4. The molecule has 2 rings (SSSR count). The van der Waals surface area contributed by atoms with E-state index in [0.29, 0.717) is 32.2 Å². The van der Waals surface area contributed by atoms with Crippen molar-refractivity contribution in [2.45, 2.75) is 44.9 Å². The van der Waals surface area contributed by atoms with Gasteiger partial charge >= 0.3 is 0 Å². The van der Waals surface area contributed by atoms with Crippen LogP contribution in [0.3, 0.4) is 0 Å². The maximum Gasteiger partial charge on any atom is 0.240 e. The number of rotatable bonds is 6. The van der Waals surface area contributed by atoms with Crippen molar-refractivity contribution in [1.29, 1.82) is 0 Å². The van der Waals surface area contributed by atoms with Crippen LogP contribution in [0.25, 0.3) is 0 Å². The van der Waals surface area contributed by atoms with Crippen LogP contribution in [0, 0.1) is 5.41 Å². The summed E-state index contributed by atoms with van der Waals surface area (Å²) in [5.41, 5.74) is 3.10. The highest BCUT2D eigenvalue weighted by Gasteiger charge is 2.35. The predicted molar refractivity (Wildman–Crippen MR) is 84.2 cm³/mol. The molecule has 2 N–H and O–H groups in total. The topological polar surface area (TPSA) is 82.0 Å². The molecule has 1 saturated heterocycles. The number of hydrazone groups is 1. The Bertz CT molecular complexity index is 475. The summed E-state index contributed by atoms with van der Waals surface area (Å²) in [6.07, 6.45) is 6.47. The van der Waals surface area contributed by atoms with Gasteiger partial charge in [0.25, 0.3) is 0 Å². The van der Waals surface area contributed by atoms with Crippen LogP contribution >= 0.6 is 0 Å². The second-order valence-corrected chi connectivity index (χ2v) is 6.28. The number of aliphatic hydroxyl groups excluding tert-OH is 1. The van der Waals surface area contributed by atoms with Crippen LogP contribution in [-0.2, 0) is 9.59 Å². The Balaban J connectivity index is 1.86. The number of nitrogens with one attached hydrogen (secondary N) is 1. The summed E-state index contributed by atoms with van der Waals surface area (Å²) in [7, 11) is 0. The Hall–Kier alpha value is -1.69. The number of aliphatic hydroxyl groups is 1. The molecule has 6 nitrogen and oxygen atoms in total. The summed E-state index contributed by atoms with van der Waals surface area (Å²) in [5, 5.41) is 13.7. The largest absolute Gasteiger partial charge is 0.396 e. The lowest BCUT2D eigenvalue weighted by atomic mass is 9.77. The molecule has 0 aromatic carbocycles. The Labute approximate surface area is 131 Å². The van der Waals surface area contributed by atoms with Crippen LogP contribution in [0.1, 0.15) is 44.9 Å². The standard InChI is InChI=1S/C16H25N3O3/c1-2-8-16(12-20)9-3-10-19(11-16)15(22)7-5-13-4-6-14(21)18-17-13/h2,20H,1,3-12H2,(H,18,21). The van der Waals surface area contributed by atoms with Crippen LogP contribution < -0.4 is 5.43 Å². The molecule has 0 aromatic rings. The van der Waals surface area contributed by atoms with E-state index in [1.54, 1.807) is 0 Å². The van der Waals surface area contributed by atoms with Crippen molar-refractivity contribution < 1.29 is 14.7 Å². The summed E-state index contributed by atoms with van der Waals surface area (Å²) in [4.78, 5) is 25.3. The van der Waals surface area contributed by atoms with Gasteiger partial charge in [-0.1, -0.05) is 6.08 Å². The van der Waals surface area contributed by atoms with Gasteiger partial charge in [0.2, 0.25) is 11.8 Å². The van der Waals surface area contributed by atoms with Gasteiger partial charge in [-0.2, -0.15) is 5.10 Å². The number of amides is 2. The van der Waals surface area contributed by atoms with Gasteiger partial charge in [0.05, 0.1) is 6.61 Å². The summed E-state index contributed by atoms with van der Waals surface area (Å²) in [6, 6.07) is 0. The molecule has 0 spiro atoms. The molecule has 0 bridgehead atoms. The first kappa shape index (κ1) is 16.7. The minimum absolute atomic E-state index is 0.0664. The highest BCUT2D eigenvalue weighted by molar-refractivity contribution is 5.94. The van der Waals surface area contributed by atoms with Crippen LogP contribution in [0.15, 0.2) is 17.8 Å². The van der Waals surface area contributed by atoms with E-state index in [4.69, 9.17) is 0 Å². The fourth-order valence-electron chi connectivity index (χ4n) is 3.19. The van der Waals surface area contributed by atoms with Gasteiger partial charge in [-0.3, -0.25) is 9.59 Å². The minimum Gasteiger partial charge on any atom is -0.396 e. The third-order valence-corrected chi connectivity index (χ3v) is 4.53. The molecule has 2 amide bonds. The predicted octanol–water partition coefficient (Wildman–Crippen LogP) is 1.21. The first-order valence-corrected chi connectivity index (χ1v) is 7.92. The highest BCUT2D eigenvalue weighted by Crippen LogP contribution is 2.33. The Morgan fingerprint density at radius 3 is 2.95 bits per heavy atom. The molecule has 1 fully saturated rings. The summed E-state index contributed by atoms with van der Waals surface area (Å²) < 4.78 is 0. The molecule has 22 heavy (non-hydrogen) atoms. The van der Waals surface area contributed by atoms with Crippen LogP contribution in [0.2, 0.25) is 0 Å². The summed E-state index contributed by atoms with van der Waals surface area (Å²) >= 11 is 0. The van der Waals surface area contributed by atoms with Gasteiger partial charge in [0.1, 0.15) is 0 Å². The average molecular weight is 307 g/mol. The monoisotopic (exact) mass is 307 g/mol. The van der Waals surface area contributed by atoms with E-state index >= 15 is 0 Å². The molecule has 122 valence electrons. The highest BCUT2D eigenvalue weighted by atomic mass is 16.3. The summed E-state index contributed by atoms with van der Waals surface area (Å²) in [5.74, 6) is 0.0319. The molecule has 0 radical (unpaired) electrons. The van der Waals surface area contributed by atoms with E-state index in [0.717, 1.165) is 31.5 Å². The van der Waals surface area contributed by atoms with Crippen molar-refractivity contribution in [3.63, 3.8) is 0 Å². The van der Waals surface area contributed by atoms with Crippen molar-refractivity contribution in [1.82, 2.24) is 10.3 Å². The first-order chi connectivity index (χ1) is 10.6. The maximum absolute atomic E-state index is 12.4. The molecule has 1 atom stereocenters. The summed E-state index contributed by atoms with van der Waals surface area (Å²) in [6.45, 7) is 5.19. The number of carbonyl (C=O) groups excluding carboxylic acids is 2. The van der Waals surface area contributed by atoms with Crippen LogP contribution in [0.5, 0.6) is 0 Å². The van der Waals surface area contributed by atoms with Gasteiger partial charge in [0.15, 0.2) is 0 Å². The molecular formula is C16H25N3O3. The Morgan fingerprint density at radius 2 is 2.32 bits per heavy atom. The van der Waals surface area contributed by atoms with Crippen molar-refractivity contribution in [3.8, 4) is 0 Å². The third kappa shape index (κ3) is 4.16. The lowest BCUT2D eigenvalue weighted by molar-refractivity contribution is -0.135. The number of hydrogen-bond donors (Lipinski definition) is 2. The van der Waals surface area contributed by atoms with Crippen molar-refractivity contribution >= 4 is 17.5 Å². The van der Waals surface area contributed by atoms with E-state index in [2.05, 4.69) is 17.1 Å². The SMILES string of the molecule is C=CCC1(CO)CCCN(C(=O)CCC2=NNC(=O)CC2)C1. The van der Waals surface area contributed by atoms with Gasteiger partial charge in [0, 0.05) is 37.1 Å². The number of nitrogens with zero attached hydrogens (tertiary/aromatic N) is 2. The number of piperidine rings is 1. The van der Waals surface area contributed by atoms with Gasteiger partial charge in [-0.05, 0) is 32.1 Å². The molecule has 6 heteroatoms. The zero-order valence-electron chi connectivity index (χ0n) is 13.0. The van der Waals surface area contributed by atoms with Crippen LogP contribution in [0.4, 0.5) is 0 Å². The molecule has 0 saturated carbocycles. The van der Waals surface area contributed by atoms with Gasteiger partial charge < -0.3 is 10.0 Å². The maximum atomic E-state index is 12.4. The third-order valence-electron chi connectivity index (χ3n) is 4.53. The number of carbonyl (C=O) groups is 2. The lowest BCUT2D eigenvalue weighted by Gasteiger charge is -2.41. The minimum atomic E-state index is -0.230. The fraction of sp³-hybridized carbons (Fsp3) is 0.688. The van der Waals surface area contributed by atoms with E-state index in [9.17, 15) is 14.7 Å². The molecule has 0 aliphatic carbocycles. The van der Waals surface area contributed by atoms with Crippen LogP contribution in [-0.4, -0.2) is 47.2 Å². The molecule has 2 aliphatic heterocycles. The molecule has 2 heterocycles. The Morgan fingerprint density at radius 1 is 1.50 bits per heavy atom. The normalized spacial score (nSPS) is 25.4. The second-order valence-electron chi connectivity index (χ2n) is 6.28. The van der Waals surface area contributed by atoms with E-state index < -0.39 is 0 Å². The zero-order valence-corrected chi connectivity index (χ0v) is 13.0. The molecule has 1 unspecified atom stereocenters. The van der Waals surface area contributed by atoms with Crippen molar-refractivity contribution in [3.05, 3.63) is 12.7 Å². The van der Waals surface area contributed by atoms with Gasteiger partial charge in [-0.15, -0.1) is 6.58 Å². The smallest absolute Gasteiger partial charge is 0.240 e. The van der Waals surface area contributed by atoms with E-state index in [1.165, 1.54) is 0 Å². The average Bonchev–Trinajstić information content (AvgIpc) is 2.54. The van der Waals surface area contributed by atoms with Crippen molar-refractivity contribution in [2.75, 3.05) is 19.7 Å². The molecular weight excluding hydrogens is 282 g/mol. The van der Waals surface area contributed by atoms with Crippen molar-refractivity contribution in [2.24, 2.45) is 10.5 Å². The lowest BCUT2D eigenvalue weighted by Crippen LogP contribution is -2.47. The van der Waals surface area contributed by atoms with E-state index in [-0.39, 0.29) is 23.8 Å². The second kappa shape index (κ2) is 7.54. The Kier molecular flexibility index (Phi) is 5.71. The van der Waals surface area contributed by atoms with Gasteiger partial charge in [-0.25, -0.2) is 5.43 Å². The van der Waals surface area contributed by atoms with E-state index in [1.807, 2.05) is 11.0 Å². The number of allylic oxidation sites excluding steroid dienone is 1. The fourth-order valence-corrected chi connectivity index (χ4v) is 3.19. The molecule has 0 aromatic heterocycles.